The highest BCUT2D eigenvalue weighted by molar-refractivity contribution is 5.85. The first kappa shape index (κ1) is 29.3. The minimum absolute atomic E-state index is 0.104. The van der Waals surface area contributed by atoms with Gasteiger partial charge in [-0.1, -0.05) is 30.3 Å². The Kier molecular flexibility index (Phi) is 8.16. The molecule has 1 atom stereocenters. The number of primary amides is 1. The summed E-state index contributed by atoms with van der Waals surface area (Å²) in [5, 5.41) is 12.0. The largest absolute Gasteiger partial charge is 0.450 e. The van der Waals surface area contributed by atoms with E-state index >= 15 is 0 Å². The molecule has 0 radical (unpaired) electrons. The van der Waals surface area contributed by atoms with Gasteiger partial charge in [0.05, 0.1) is 36.3 Å². The minimum Gasteiger partial charge on any atom is -0.450 e. The van der Waals surface area contributed by atoms with Crippen molar-refractivity contribution in [3.05, 3.63) is 84.1 Å². The number of hydrogen-bond acceptors (Lipinski definition) is 10. The van der Waals surface area contributed by atoms with Crippen molar-refractivity contribution in [1.82, 2.24) is 19.9 Å². The van der Waals surface area contributed by atoms with E-state index in [1.165, 1.54) is 31.2 Å². The Hall–Kier alpha value is -5.19. The van der Waals surface area contributed by atoms with E-state index in [0.29, 0.717) is 28.6 Å². The number of benzene rings is 2. The number of aromatic amines is 1. The zero-order chi connectivity index (χ0) is 30.6. The average molecular weight is 586 g/mol. The number of esters is 1. The van der Waals surface area contributed by atoms with Gasteiger partial charge in [0.25, 0.3) is 5.91 Å². The van der Waals surface area contributed by atoms with E-state index in [2.05, 4.69) is 25.3 Å². The van der Waals surface area contributed by atoms with Gasteiger partial charge in [-0.05, 0) is 49.7 Å². The van der Waals surface area contributed by atoms with Crippen LogP contribution in [0.2, 0.25) is 0 Å². The number of nitrogens with two attached hydrogens (primary N) is 1. The minimum atomic E-state index is -2.20. The third-order valence-electron chi connectivity index (χ3n) is 6.96. The molecule has 13 heteroatoms. The zero-order valence-electron chi connectivity index (χ0n) is 23.3. The lowest BCUT2D eigenvalue weighted by molar-refractivity contribution is -0.293. The van der Waals surface area contributed by atoms with E-state index < -0.39 is 35.5 Å². The second-order valence-electron chi connectivity index (χ2n) is 10.2. The molecule has 0 aliphatic carbocycles. The van der Waals surface area contributed by atoms with E-state index in [0.717, 1.165) is 5.56 Å². The molecule has 1 fully saturated rings. The zero-order valence-corrected chi connectivity index (χ0v) is 23.3. The quantitative estimate of drug-likeness (QED) is 0.246. The highest BCUT2D eigenvalue weighted by Gasteiger charge is 2.54. The fraction of sp³-hybridized carbons (Fsp3) is 0.267. The Bertz CT molecular complexity index is 1660. The van der Waals surface area contributed by atoms with Crippen molar-refractivity contribution in [2.75, 3.05) is 25.1 Å². The fourth-order valence-corrected chi connectivity index (χ4v) is 4.51. The number of hydrogen-bond donors (Lipinski definition) is 3. The van der Waals surface area contributed by atoms with Crippen molar-refractivity contribution in [1.29, 1.82) is 5.26 Å². The van der Waals surface area contributed by atoms with Crippen LogP contribution in [-0.4, -0.2) is 51.6 Å². The smallest absolute Gasteiger partial charge is 0.317 e. The Morgan fingerprint density at radius 1 is 1.14 bits per heavy atom. The number of nitriles is 1. The molecule has 220 valence electrons. The first-order chi connectivity index (χ1) is 20.6. The number of aromatic nitrogens is 4. The van der Waals surface area contributed by atoms with Crippen molar-refractivity contribution in [2.45, 2.75) is 25.7 Å². The molecule has 2 aromatic heterocycles. The number of nitrogens with zero attached hydrogens (tertiary/aromatic N) is 4. The Labute approximate surface area is 246 Å². The van der Waals surface area contributed by atoms with Crippen LogP contribution in [0.3, 0.4) is 0 Å². The van der Waals surface area contributed by atoms with E-state index in [9.17, 15) is 14.0 Å². The van der Waals surface area contributed by atoms with Gasteiger partial charge in [0.2, 0.25) is 5.95 Å². The number of anilines is 1. The summed E-state index contributed by atoms with van der Waals surface area (Å²) in [6.45, 7) is 2.41. The maximum atomic E-state index is 13.8. The number of H-pyrrole nitrogens is 1. The third-order valence-corrected chi connectivity index (χ3v) is 6.96. The third kappa shape index (κ3) is 5.92. The van der Waals surface area contributed by atoms with Crippen LogP contribution in [0.1, 0.15) is 31.3 Å². The van der Waals surface area contributed by atoms with Crippen LogP contribution in [0.5, 0.6) is 0 Å². The summed E-state index contributed by atoms with van der Waals surface area (Å²) in [6, 6.07) is 18.6. The topological polar surface area (TPSA) is 178 Å². The number of halogens is 1. The fourth-order valence-electron chi connectivity index (χ4n) is 4.51. The molecule has 12 nitrogen and oxygen atoms in total. The molecular weight excluding hydrogens is 557 g/mol. The summed E-state index contributed by atoms with van der Waals surface area (Å²) in [5.74, 6) is -4.17. The standard InChI is InChI=1S/C30H28FN7O5/c1-18(19-6-4-3-5-7-19)35-28-34-14-12-22(36-28)24-23(20-8-10-21(31)11-9-20)37-26(38-24)30(25(33)39)42-16-29(2,17-43-30)27(40)41-15-13-32/h3-12,14,18H,15-17H2,1-2H3,(H2,33,39)(H,37,38)(H,34,35,36). The van der Waals surface area contributed by atoms with E-state index in [-0.39, 0.29) is 25.1 Å². The molecule has 2 aromatic carbocycles. The van der Waals surface area contributed by atoms with Crippen LogP contribution in [0, 0.1) is 22.6 Å². The van der Waals surface area contributed by atoms with Crippen LogP contribution in [0.4, 0.5) is 10.3 Å². The van der Waals surface area contributed by atoms with Gasteiger partial charge >= 0.3 is 11.8 Å². The number of rotatable bonds is 9. The molecule has 4 N–H and O–H groups in total. The monoisotopic (exact) mass is 585 g/mol. The normalized spacial score (nSPS) is 20.5. The summed E-state index contributed by atoms with van der Waals surface area (Å²) in [5.41, 5.74) is 7.07. The molecule has 1 aliphatic heterocycles. The van der Waals surface area contributed by atoms with Gasteiger partial charge in [0.15, 0.2) is 12.4 Å². The van der Waals surface area contributed by atoms with Crippen LogP contribution < -0.4 is 11.1 Å². The number of carbonyl (C=O) groups excluding carboxylic acids is 2. The summed E-state index contributed by atoms with van der Waals surface area (Å²) >= 11 is 0. The van der Waals surface area contributed by atoms with Gasteiger partial charge in [0.1, 0.15) is 17.3 Å². The van der Waals surface area contributed by atoms with Gasteiger partial charge in [-0.3, -0.25) is 9.59 Å². The lowest BCUT2D eigenvalue weighted by Crippen LogP contribution is -2.56. The molecule has 1 saturated heterocycles. The molecule has 4 aromatic rings. The maximum absolute atomic E-state index is 13.8. The Morgan fingerprint density at radius 3 is 2.49 bits per heavy atom. The highest BCUT2D eigenvalue weighted by atomic mass is 19.1. The van der Waals surface area contributed by atoms with Crippen molar-refractivity contribution in [3.8, 4) is 28.7 Å². The second kappa shape index (κ2) is 12.0. The predicted molar refractivity (Wildman–Crippen MR) is 151 cm³/mol. The second-order valence-corrected chi connectivity index (χ2v) is 10.2. The van der Waals surface area contributed by atoms with Crippen molar-refractivity contribution in [2.24, 2.45) is 11.1 Å². The van der Waals surface area contributed by atoms with Gasteiger partial charge in [-0.15, -0.1) is 0 Å². The van der Waals surface area contributed by atoms with E-state index in [1.54, 1.807) is 18.3 Å². The molecular formula is C30H28FN7O5. The molecule has 0 spiro atoms. The maximum Gasteiger partial charge on any atom is 0.317 e. The first-order valence-electron chi connectivity index (χ1n) is 13.3. The lowest BCUT2D eigenvalue weighted by atomic mass is 9.91. The summed E-state index contributed by atoms with van der Waals surface area (Å²) in [4.78, 5) is 42.1. The van der Waals surface area contributed by atoms with Crippen molar-refractivity contribution >= 4 is 17.8 Å². The predicted octanol–water partition coefficient (Wildman–Crippen LogP) is 3.60. The number of nitrogens with one attached hydrogen (secondary N) is 2. The van der Waals surface area contributed by atoms with Crippen molar-refractivity contribution < 1.29 is 28.2 Å². The summed E-state index contributed by atoms with van der Waals surface area (Å²) < 4.78 is 30.4. The number of ether oxygens (including phenoxy) is 3. The SMILES string of the molecule is CC(Nc1nccc(-c2[nH]c(C3(C(N)=O)OCC(C)(C(=O)OCC#N)CO3)nc2-c2ccc(F)cc2)n1)c1ccccc1. The lowest BCUT2D eigenvalue weighted by Gasteiger charge is -2.40. The molecule has 0 bridgehead atoms. The number of imidazole rings is 1. The molecule has 0 saturated carbocycles. The van der Waals surface area contributed by atoms with Crippen LogP contribution in [0.15, 0.2) is 66.9 Å². The van der Waals surface area contributed by atoms with Crippen molar-refractivity contribution in [3.63, 3.8) is 0 Å². The first-order valence-corrected chi connectivity index (χ1v) is 13.3. The Balaban J connectivity index is 1.53. The molecule has 5 rings (SSSR count). The highest BCUT2D eigenvalue weighted by Crippen LogP contribution is 2.39. The summed E-state index contributed by atoms with van der Waals surface area (Å²) in [6.07, 6.45) is 1.56. The molecule has 1 amide bonds. The van der Waals surface area contributed by atoms with Crippen LogP contribution in [0.25, 0.3) is 22.6 Å². The molecule has 3 heterocycles. The average Bonchev–Trinajstić information content (AvgIpc) is 3.47. The number of carbonyl (C=O) groups is 2. The molecule has 1 unspecified atom stereocenters. The van der Waals surface area contributed by atoms with Gasteiger partial charge < -0.3 is 30.2 Å². The van der Waals surface area contributed by atoms with Gasteiger partial charge in [-0.25, -0.2) is 19.3 Å². The molecule has 43 heavy (non-hydrogen) atoms. The van der Waals surface area contributed by atoms with Gasteiger partial charge in [-0.2, -0.15) is 5.26 Å². The summed E-state index contributed by atoms with van der Waals surface area (Å²) in [7, 11) is 0. The van der Waals surface area contributed by atoms with Gasteiger partial charge in [0, 0.05) is 11.8 Å². The van der Waals surface area contributed by atoms with Crippen LogP contribution in [-0.2, 0) is 29.6 Å². The number of amides is 1. The molecule has 1 aliphatic rings. The Morgan fingerprint density at radius 2 is 1.84 bits per heavy atom. The van der Waals surface area contributed by atoms with E-state index in [1.807, 2.05) is 37.3 Å². The van der Waals surface area contributed by atoms with E-state index in [4.69, 9.17) is 25.2 Å². The van der Waals surface area contributed by atoms with Crippen LogP contribution >= 0.6 is 0 Å².